The molecule has 1 aliphatic heterocycles. The molecular weight excluding hydrogens is 336 g/mol. The van der Waals surface area contributed by atoms with Crippen molar-refractivity contribution in [2.24, 2.45) is 0 Å². The van der Waals surface area contributed by atoms with Gasteiger partial charge in [0.1, 0.15) is 0 Å². The Morgan fingerprint density at radius 1 is 1.27 bits per heavy atom. The molecule has 0 bridgehead atoms. The third kappa shape index (κ3) is 3.04. The van der Waals surface area contributed by atoms with Crippen molar-refractivity contribution in [3.63, 3.8) is 0 Å². The fourth-order valence-corrected chi connectivity index (χ4v) is 2.83. The minimum atomic E-state index is -0.113. The number of hydrogen-bond donors (Lipinski definition) is 1. The van der Waals surface area contributed by atoms with Gasteiger partial charge in [-0.05, 0) is 12.1 Å². The lowest BCUT2D eigenvalue weighted by atomic mass is 10.2. The molecule has 0 radical (unpaired) electrons. The van der Waals surface area contributed by atoms with E-state index in [1.807, 2.05) is 6.07 Å². The van der Waals surface area contributed by atoms with Crippen LogP contribution in [0.15, 0.2) is 36.8 Å². The summed E-state index contributed by atoms with van der Waals surface area (Å²) in [7, 11) is 1.56. The van der Waals surface area contributed by atoms with Crippen LogP contribution < -0.4 is 4.74 Å². The maximum Gasteiger partial charge on any atom is 0.274 e. The Morgan fingerprint density at radius 2 is 2.12 bits per heavy atom. The van der Waals surface area contributed by atoms with Crippen molar-refractivity contribution in [3.05, 3.63) is 42.5 Å². The molecule has 134 valence electrons. The normalized spacial score (nSPS) is 14.4. The first-order chi connectivity index (χ1) is 12.8. The van der Waals surface area contributed by atoms with E-state index in [2.05, 4.69) is 20.3 Å². The van der Waals surface area contributed by atoms with Crippen molar-refractivity contribution in [3.8, 4) is 22.8 Å². The quantitative estimate of drug-likeness (QED) is 0.754. The van der Waals surface area contributed by atoms with Gasteiger partial charge < -0.3 is 14.4 Å². The largest absolute Gasteiger partial charge is 0.481 e. The van der Waals surface area contributed by atoms with Gasteiger partial charge in [-0.15, -0.1) is 0 Å². The van der Waals surface area contributed by atoms with Crippen LogP contribution in [0.4, 0.5) is 0 Å². The van der Waals surface area contributed by atoms with E-state index in [0.29, 0.717) is 37.9 Å². The van der Waals surface area contributed by atoms with Crippen LogP contribution >= 0.6 is 0 Å². The Kier molecular flexibility index (Phi) is 4.36. The second kappa shape index (κ2) is 6.96. The molecule has 0 spiro atoms. The molecule has 0 atom stereocenters. The molecular formula is C17H18N6O3. The molecule has 1 saturated heterocycles. The number of H-pyrrole nitrogens is 1. The smallest absolute Gasteiger partial charge is 0.274 e. The predicted octanol–water partition coefficient (Wildman–Crippen LogP) is 1.14. The number of rotatable bonds is 4. The van der Waals surface area contributed by atoms with Gasteiger partial charge in [0.25, 0.3) is 5.91 Å². The van der Waals surface area contributed by atoms with Crippen molar-refractivity contribution in [2.75, 3.05) is 33.4 Å². The standard InChI is InChI=1S/C17H18N6O3/c1-25-16-3-2-13(11-18-16)23-15(12-9-19-20-10-12)8-14(21-23)17(24)22-4-6-26-7-5-22/h2-3,8-11H,4-7H2,1H3,(H,19,20). The molecule has 3 aromatic heterocycles. The highest BCUT2D eigenvalue weighted by molar-refractivity contribution is 5.93. The van der Waals surface area contributed by atoms with Gasteiger partial charge in [0.15, 0.2) is 5.69 Å². The van der Waals surface area contributed by atoms with Crippen LogP contribution in [-0.2, 0) is 4.74 Å². The second-order valence-corrected chi connectivity index (χ2v) is 5.78. The lowest BCUT2D eigenvalue weighted by Crippen LogP contribution is -2.40. The number of pyridine rings is 1. The van der Waals surface area contributed by atoms with E-state index in [1.165, 1.54) is 0 Å². The Hall–Kier alpha value is -3.20. The van der Waals surface area contributed by atoms with E-state index in [0.717, 1.165) is 16.9 Å². The highest BCUT2D eigenvalue weighted by Crippen LogP contribution is 2.24. The zero-order valence-electron chi connectivity index (χ0n) is 14.3. The van der Waals surface area contributed by atoms with Gasteiger partial charge >= 0.3 is 0 Å². The number of aromatic nitrogens is 5. The molecule has 3 aromatic rings. The summed E-state index contributed by atoms with van der Waals surface area (Å²) in [6.07, 6.45) is 5.10. The number of nitrogens with one attached hydrogen (secondary N) is 1. The minimum Gasteiger partial charge on any atom is -0.481 e. The van der Waals surface area contributed by atoms with Crippen molar-refractivity contribution < 1.29 is 14.3 Å². The second-order valence-electron chi connectivity index (χ2n) is 5.78. The number of aromatic amines is 1. The summed E-state index contributed by atoms with van der Waals surface area (Å²) in [5.41, 5.74) is 2.68. The predicted molar refractivity (Wildman–Crippen MR) is 92.2 cm³/mol. The van der Waals surface area contributed by atoms with Crippen LogP contribution in [0.3, 0.4) is 0 Å². The van der Waals surface area contributed by atoms with Gasteiger partial charge in [0.2, 0.25) is 5.88 Å². The summed E-state index contributed by atoms with van der Waals surface area (Å²) in [6, 6.07) is 5.36. The molecule has 0 saturated carbocycles. The zero-order chi connectivity index (χ0) is 17.9. The van der Waals surface area contributed by atoms with Gasteiger partial charge in [-0.2, -0.15) is 10.2 Å². The van der Waals surface area contributed by atoms with E-state index in [-0.39, 0.29) is 5.91 Å². The molecule has 1 amide bonds. The van der Waals surface area contributed by atoms with E-state index < -0.39 is 0 Å². The monoisotopic (exact) mass is 354 g/mol. The van der Waals surface area contributed by atoms with Gasteiger partial charge in [0, 0.05) is 30.9 Å². The van der Waals surface area contributed by atoms with E-state index >= 15 is 0 Å². The maximum absolute atomic E-state index is 12.8. The Bertz CT molecular complexity index is 882. The lowest BCUT2D eigenvalue weighted by Gasteiger charge is -2.25. The Morgan fingerprint density at radius 3 is 2.77 bits per heavy atom. The van der Waals surface area contributed by atoms with E-state index in [1.54, 1.807) is 47.4 Å². The number of ether oxygens (including phenoxy) is 2. The van der Waals surface area contributed by atoms with Crippen molar-refractivity contribution in [2.45, 2.75) is 0 Å². The molecule has 26 heavy (non-hydrogen) atoms. The molecule has 0 aromatic carbocycles. The Balaban J connectivity index is 1.74. The first-order valence-electron chi connectivity index (χ1n) is 8.23. The van der Waals surface area contributed by atoms with Crippen LogP contribution in [0.1, 0.15) is 10.5 Å². The van der Waals surface area contributed by atoms with Gasteiger partial charge in [-0.1, -0.05) is 0 Å². The highest BCUT2D eigenvalue weighted by Gasteiger charge is 2.23. The molecule has 9 nitrogen and oxygen atoms in total. The number of hydrogen-bond acceptors (Lipinski definition) is 6. The molecule has 4 heterocycles. The topological polar surface area (TPSA) is 98.2 Å². The first-order valence-corrected chi connectivity index (χ1v) is 8.23. The van der Waals surface area contributed by atoms with Crippen LogP contribution in [-0.4, -0.2) is 69.2 Å². The van der Waals surface area contributed by atoms with Gasteiger partial charge in [-0.3, -0.25) is 9.89 Å². The first kappa shape index (κ1) is 16.3. The average Bonchev–Trinajstić information content (AvgIpc) is 3.38. The highest BCUT2D eigenvalue weighted by atomic mass is 16.5. The SMILES string of the molecule is COc1ccc(-n2nc(C(=O)N3CCOCC3)cc2-c2cn[nH]c2)cn1. The summed E-state index contributed by atoms with van der Waals surface area (Å²) in [6.45, 7) is 2.22. The number of nitrogens with zero attached hydrogens (tertiary/aromatic N) is 5. The maximum atomic E-state index is 12.8. The van der Waals surface area contributed by atoms with E-state index in [9.17, 15) is 4.79 Å². The summed E-state index contributed by atoms with van der Waals surface area (Å²) in [4.78, 5) is 18.8. The third-order valence-corrected chi connectivity index (χ3v) is 4.20. The molecule has 4 rings (SSSR count). The molecule has 1 aliphatic rings. The number of morpholine rings is 1. The summed E-state index contributed by atoms with van der Waals surface area (Å²) >= 11 is 0. The van der Waals surface area contributed by atoms with Crippen LogP contribution in [0.25, 0.3) is 16.9 Å². The van der Waals surface area contributed by atoms with Crippen molar-refractivity contribution in [1.29, 1.82) is 0 Å². The third-order valence-electron chi connectivity index (χ3n) is 4.20. The zero-order valence-corrected chi connectivity index (χ0v) is 14.3. The molecule has 1 fully saturated rings. The van der Waals surface area contributed by atoms with Gasteiger partial charge in [0.05, 0.1) is 44.1 Å². The number of carbonyl (C=O) groups excluding carboxylic acids is 1. The lowest BCUT2D eigenvalue weighted by molar-refractivity contribution is 0.0298. The molecule has 9 heteroatoms. The fraction of sp³-hybridized carbons (Fsp3) is 0.294. The minimum absolute atomic E-state index is 0.113. The molecule has 0 aliphatic carbocycles. The van der Waals surface area contributed by atoms with E-state index in [4.69, 9.17) is 9.47 Å². The number of carbonyl (C=O) groups is 1. The van der Waals surface area contributed by atoms with Gasteiger partial charge in [-0.25, -0.2) is 9.67 Å². The summed E-state index contributed by atoms with van der Waals surface area (Å²) in [5, 5.41) is 11.3. The van der Waals surface area contributed by atoms with Crippen LogP contribution in [0, 0.1) is 0 Å². The van der Waals surface area contributed by atoms with Crippen LogP contribution in [0.5, 0.6) is 5.88 Å². The molecule has 1 N–H and O–H groups in total. The average molecular weight is 354 g/mol. The molecule has 0 unspecified atom stereocenters. The summed E-state index contributed by atoms with van der Waals surface area (Å²) < 4.78 is 12.1. The fourth-order valence-electron chi connectivity index (χ4n) is 2.83. The van der Waals surface area contributed by atoms with Crippen molar-refractivity contribution in [1.82, 2.24) is 29.9 Å². The van der Waals surface area contributed by atoms with Crippen LogP contribution in [0.2, 0.25) is 0 Å². The number of amides is 1. The number of methoxy groups -OCH3 is 1. The summed E-state index contributed by atoms with van der Waals surface area (Å²) in [5.74, 6) is 0.397. The Labute approximate surface area is 149 Å². The van der Waals surface area contributed by atoms with Crippen molar-refractivity contribution >= 4 is 5.91 Å².